The van der Waals surface area contributed by atoms with Crippen LogP contribution in [-0.4, -0.2) is 30.2 Å². The van der Waals surface area contributed by atoms with E-state index in [0.717, 1.165) is 0 Å². The largest absolute Gasteiger partial charge is 0.459 e. The molecule has 3 aromatic rings. The fourth-order valence-electron chi connectivity index (χ4n) is 2.52. The van der Waals surface area contributed by atoms with E-state index in [0.29, 0.717) is 22.5 Å². The molecule has 152 valence electrons. The van der Waals surface area contributed by atoms with Crippen molar-refractivity contribution in [2.45, 2.75) is 0 Å². The third-order valence-electron chi connectivity index (χ3n) is 3.96. The van der Waals surface area contributed by atoms with E-state index in [4.69, 9.17) is 10.2 Å². The number of carbonyl (C=O) groups excluding carboxylic acids is 4. The third-order valence-corrected chi connectivity index (χ3v) is 3.96. The van der Waals surface area contributed by atoms with Crippen molar-refractivity contribution in [3.05, 3.63) is 83.8 Å². The number of carbonyl (C=O) groups is 4. The third kappa shape index (κ3) is 5.32. The van der Waals surface area contributed by atoms with Crippen LogP contribution < -0.4 is 21.7 Å². The molecule has 0 radical (unpaired) electrons. The predicted molar refractivity (Wildman–Crippen MR) is 109 cm³/mol. The Kier molecular flexibility index (Phi) is 6.23. The summed E-state index contributed by atoms with van der Waals surface area (Å²) in [5.41, 5.74) is 6.54. The number of hydrogen-bond acceptors (Lipinski definition) is 5. The molecular weight excluding hydrogens is 388 g/mol. The SMILES string of the molecule is NC(=O)CNC(=O)c1ccc(NC(=O)c2cccc(NC(=O)c3ccco3)c2)cc1. The Balaban J connectivity index is 1.62. The predicted octanol–water partition coefficient (Wildman–Crippen LogP) is 2.00. The summed E-state index contributed by atoms with van der Waals surface area (Å²) < 4.78 is 5.03. The summed E-state index contributed by atoms with van der Waals surface area (Å²) in [5.74, 6) is -1.76. The van der Waals surface area contributed by atoms with Crippen molar-refractivity contribution in [3.63, 3.8) is 0 Å². The highest BCUT2D eigenvalue weighted by atomic mass is 16.3. The molecule has 0 fully saturated rings. The lowest BCUT2D eigenvalue weighted by Gasteiger charge is -2.09. The molecule has 4 amide bonds. The van der Waals surface area contributed by atoms with Crippen molar-refractivity contribution in [1.82, 2.24) is 5.32 Å². The van der Waals surface area contributed by atoms with E-state index in [2.05, 4.69) is 16.0 Å². The fraction of sp³-hybridized carbons (Fsp3) is 0.0476. The molecule has 1 aromatic heterocycles. The van der Waals surface area contributed by atoms with Crippen LogP contribution in [0.4, 0.5) is 11.4 Å². The van der Waals surface area contributed by atoms with Crippen LogP contribution in [0.25, 0.3) is 0 Å². The molecular formula is C21H18N4O5. The average molecular weight is 406 g/mol. The van der Waals surface area contributed by atoms with Crippen LogP contribution in [0.5, 0.6) is 0 Å². The summed E-state index contributed by atoms with van der Waals surface area (Å²) in [6.45, 7) is -0.260. The number of nitrogens with two attached hydrogens (primary N) is 1. The Labute approximate surface area is 171 Å². The highest BCUT2D eigenvalue weighted by molar-refractivity contribution is 6.07. The van der Waals surface area contributed by atoms with Crippen LogP contribution in [0.15, 0.2) is 71.3 Å². The van der Waals surface area contributed by atoms with Gasteiger partial charge in [-0.05, 0) is 54.6 Å². The van der Waals surface area contributed by atoms with Crippen molar-refractivity contribution < 1.29 is 23.6 Å². The van der Waals surface area contributed by atoms with E-state index >= 15 is 0 Å². The number of amides is 4. The molecule has 0 aliphatic heterocycles. The Morgan fingerprint density at radius 1 is 0.767 bits per heavy atom. The summed E-state index contributed by atoms with van der Waals surface area (Å²) in [4.78, 5) is 47.1. The van der Waals surface area contributed by atoms with Gasteiger partial charge in [0.25, 0.3) is 17.7 Å². The Bertz CT molecular complexity index is 1080. The van der Waals surface area contributed by atoms with Crippen LogP contribution >= 0.6 is 0 Å². The summed E-state index contributed by atoms with van der Waals surface area (Å²) in [6.07, 6.45) is 1.39. The lowest BCUT2D eigenvalue weighted by Crippen LogP contribution is -2.33. The van der Waals surface area contributed by atoms with E-state index in [-0.39, 0.29) is 12.3 Å². The van der Waals surface area contributed by atoms with Crippen molar-refractivity contribution in [3.8, 4) is 0 Å². The molecule has 0 unspecified atom stereocenters. The maximum absolute atomic E-state index is 12.5. The molecule has 0 atom stereocenters. The topological polar surface area (TPSA) is 144 Å². The highest BCUT2D eigenvalue weighted by Gasteiger charge is 2.12. The number of hydrogen-bond donors (Lipinski definition) is 4. The maximum Gasteiger partial charge on any atom is 0.291 e. The normalized spacial score (nSPS) is 10.1. The van der Waals surface area contributed by atoms with Crippen LogP contribution in [0, 0.1) is 0 Å². The van der Waals surface area contributed by atoms with Crippen LogP contribution in [0.1, 0.15) is 31.3 Å². The first-order chi connectivity index (χ1) is 14.4. The number of nitrogens with one attached hydrogen (secondary N) is 3. The smallest absolute Gasteiger partial charge is 0.291 e. The molecule has 30 heavy (non-hydrogen) atoms. The van der Waals surface area contributed by atoms with Gasteiger partial charge in [-0.25, -0.2) is 0 Å². The average Bonchev–Trinajstić information content (AvgIpc) is 3.28. The molecule has 0 saturated carbocycles. The van der Waals surface area contributed by atoms with Gasteiger partial charge in [-0.3, -0.25) is 19.2 Å². The molecule has 3 rings (SSSR count). The highest BCUT2D eigenvalue weighted by Crippen LogP contribution is 2.15. The summed E-state index contributed by atoms with van der Waals surface area (Å²) in [5, 5.41) is 7.73. The van der Waals surface area contributed by atoms with Gasteiger partial charge in [-0.1, -0.05) is 6.07 Å². The van der Waals surface area contributed by atoms with E-state index in [1.165, 1.54) is 30.5 Å². The lowest BCUT2D eigenvalue weighted by atomic mass is 10.1. The van der Waals surface area contributed by atoms with Gasteiger partial charge in [0, 0.05) is 22.5 Å². The molecule has 0 bridgehead atoms. The minimum absolute atomic E-state index is 0.157. The van der Waals surface area contributed by atoms with E-state index < -0.39 is 23.6 Å². The second-order valence-corrected chi connectivity index (χ2v) is 6.19. The second kappa shape index (κ2) is 9.20. The first kappa shape index (κ1) is 20.3. The van der Waals surface area contributed by atoms with E-state index in [9.17, 15) is 19.2 Å². The van der Waals surface area contributed by atoms with Crippen molar-refractivity contribution >= 4 is 35.0 Å². The summed E-state index contributed by atoms with van der Waals surface area (Å²) in [6, 6.07) is 15.7. The Hall–Kier alpha value is -4.40. The van der Waals surface area contributed by atoms with Gasteiger partial charge >= 0.3 is 0 Å². The Morgan fingerprint density at radius 3 is 2.17 bits per heavy atom. The van der Waals surface area contributed by atoms with Gasteiger partial charge in [-0.15, -0.1) is 0 Å². The second-order valence-electron chi connectivity index (χ2n) is 6.19. The van der Waals surface area contributed by atoms with Crippen LogP contribution in [0.3, 0.4) is 0 Å². The zero-order chi connectivity index (χ0) is 21.5. The van der Waals surface area contributed by atoms with Gasteiger partial charge in [0.15, 0.2) is 5.76 Å². The molecule has 0 spiro atoms. The molecule has 0 aliphatic carbocycles. The van der Waals surface area contributed by atoms with Gasteiger partial charge in [-0.2, -0.15) is 0 Å². The van der Waals surface area contributed by atoms with Crippen LogP contribution in [0.2, 0.25) is 0 Å². The lowest BCUT2D eigenvalue weighted by molar-refractivity contribution is -0.117. The number of primary amides is 1. The van der Waals surface area contributed by atoms with E-state index in [1.54, 1.807) is 36.4 Å². The van der Waals surface area contributed by atoms with Gasteiger partial charge in [0.1, 0.15) is 0 Å². The monoisotopic (exact) mass is 406 g/mol. The molecule has 5 N–H and O–H groups in total. The maximum atomic E-state index is 12.5. The molecule has 1 heterocycles. The number of benzene rings is 2. The van der Waals surface area contributed by atoms with Gasteiger partial charge in [0.05, 0.1) is 12.8 Å². The number of anilines is 2. The zero-order valence-corrected chi connectivity index (χ0v) is 15.7. The number of rotatable bonds is 7. The van der Waals surface area contributed by atoms with Crippen molar-refractivity contribution in [2.75, 3.05) is 17.2 Å². The van der Waals surface area contributed by atoms with Crippen LogP contribution in [-0.2, 0) is 4.79 Å². The molecule has 9 heteroatoms. The molecule has 9 nitrogen and oxygen atoms in total. The van der Waals surface area contributed by atoms with Crippen molar-refractivity contribution in [1.29, 1.82) is 0 Å². The minimum Gasteiger partial charge on any atom is -0.459 e. The first-order valence-corrected chi connectivity index (χ1v) is 8.85. The summed E-state index contributed by atoms with van der Waals surface area (Å²) >= 11 is 0. The quantitative estimate of drug-likeness (QED) is 0.474. The fourth-order valence-corrected chi connectivity index (χ4v) is 2.52. The van der Waals surface area contributed by atoms with E-state index in [1.807, 2.05) is 0 Å². The van der Waals surface area contributed by atoms with Gasteiger partial charge in [0.2, 0.25) is 5.91 Å². The zero-order valence-electron chi connectivity index (χ0n) is 15.7. The molecule has 2 aromatic carbocycles. The molecule has 0 aliphatic rings. The summed E-state index contributed by atoms with van der Waals surface area (Å²) in [7, 11) is 0. The van der Waals surface area contributed by atoms with Crippen molar-refractivity contribution in [2.24, 2.45) is 5.73 Å². The standard InChI is InChI=1S/C21H18N4O5/c22-18(26)12-23-19(27)13-6-8-15(9-7-13)24-20(28)14-3-1-4-16(11-14)25-21(29)17-5-2-10-30-17/h1-11H,12H2,(H2,22,26)(H,23,27)(H,24,28)(H,25,29). The Morgan fingerprint density at radius 2 is 1.50 bits per heavy atom. The minimum atomic E-state index is -0.644. The first-order valence-electron chi connectivity index (χ1n) is 8.85. The van der Waals surface area contributed by atoms with Gasteiger partial charge < -0.3 is 26.1 Å². The number of furan rings is 1. The molecule has 0 saturated heterocycles.